The van der Waals surface area contributed by atoms with Gasteiger partial charge < -0.3 is 94.7 Å². The minimum absolute atomic E-state index is 0.0232. The Labute approximate surface area is 749 Å². The molecule has 740 valence electrons. The zero-order valence-corrected chi connectivity index (χ0v) is 86.9. The highest BCUT2D eigenvalue weighted by atomic mass is 16.7. The van der Waals surface area contributed by atoms with E-state index in [1.54, 1.807) is 104 Å². The van der Waals surface area contributed by atoms with Crippen molar-refractivity contribution in [2.24, 2.45) is 17.8 Å². The molecule has 0 aromatic rings. The maximum absolute atomic E-state index is 11.5. The van der Waals surface area contributed by atoms with Crippen LogP contribution in [0, 0.1) is 17.8 Å². The average molecular weight is 1800 g/mol. The van der Waals surface area contributed by atoms with Crippen LogP contribution in [0.1, 0.15) is 365 Å². The van der Waals surface area contributed by atoms with Crippen LogP contribution >= 0.6 is 0 Å². The van der Waals surface area contributed by atoms with E-state index in [1.807, 2.05) is 125 Å². The smallest absolute Gasteiger partial charge is 0.347 e. The number of Topliss-reactive ketones (excluding diaryl/α,β-unsaturated/α-hetero) is 2. The Bertz CT molecular complexity index is 2870. The van der Waals surface area contributed by atoms with E-state index in [0.717, 1.165) is 13.0 Å². The van der Waals surface area contributed by atoms with E-state index in [2.05, 4.69) is 78.7 Å². The van der Waals surface area contributed by atoms with Crippen molar-refractivity contribution < 1.29 is 152 Å². The fourth-order valence-electron chi connectivity index (χ4n) is 6.55. The van der Waals surface area contributed by atoms with Gasteiger partial charge in [0.25, 0.3) is 0 Å². The van der Waals surface area contributed by atoms with Crippen molar-refractivity contribution >= 4 is 71.3 Å². The summed E-state index contributed by atoms with van der Waals surface area (Å²) in [6.45, 7) is 91.7. The Morgan fingerprint density at radius 1 is 0.258 bits per heavy atom. The van der Waals surface area contributed by atoms with Gasteiger partial charge >= 0.3 is 59.7 Å². The van der Waals surface area contributed by atoms with Crippen LogP contribution in [-0.4, -0.2) is 217 Å². The highest BCUT2D eigenvalue weighted by molar-refractivity contribution is 5.85. The number of esters is 10. The number of rotatable bonds is 32. The van der Waals surface area contributed by atoms with Crippen LogP contribution in [-0.2, 0) is 152 Å². The second kappa shape index (κ2) is 69.7. The molecule has 7 unspecified atom stereocenters. The molecule has 0 radical (unpaired) electrons. The Morgan fingerprint density at radius 2 is 0.581 bits per heavy atom. The van der Waals surface area contributed by atoms with Gasteiger partial charge in [0.05, 0.1) is 74.0 Å². The summed E-state index contributed by atoms with van der Waals surface area (Å²) in [7, 11) is 0. The molecule has 0 aromatic carbocycles. The number of ketones is 2. The molecule has 0 heterocycles. The number of carbonyl (C=O) groups excluding carboxylic acids is 12. The summed E-state index contributed by atoms with van der Waals surface area (Å²) < 4.78 is 101. The molecule has 0 saturated heterocycles. The SMILES string of the molecule is CC(=O)C(C)OC(=O)COC(=O)C(C)OC(C)(C)C.CC(=O)COC(=O)C(C)OC(=O)COC(C)(C)C.CC(=O)OC(C)OC(C)(C)C.CC(=O)OCOC(C)(C)C.CC(C)C(=O)OCOC(C)(C)C.CC(C)COC(C)(C)C.CC(OC(=O)C(C)C)OC(C)(C)C.CCC(=O)OC(C)OC(C)(C)C.CCC(=O)OCOC(C)(C)C.CCC(C)OC(C)(C)C. The first kappa shape index (κ1) is 138. The van der Waals surface area contributed by atoms with Crippen LogP contribution in [0.15, 0.2) is 0 Å². The zero-order valence-electron chi connectivity index (χ0n) is 86.9. The predicted molar refractivity (Wildman–Crippen MR) is 478 cm³/mol. The van der Waals surface area contributed by atoms with Gasteiger partial charge in [-0.25, -0.2) is 19.2 Å². The van der Waals surface area contributed by atoms with Crippen molar-refractivity contribution in [1.82, 2.24) is 0 Å². The third-order valence-electron chi connectivity index (χ3n) is 11.9. The average Bonchev–Trinajstić information content (AvgIpc) is 0.947. The summed E-state index contributed by atoms with van der Waals surface area (Å²) in [4.78, 5) is 131. The summed E-state index contributed by atoms with van der Waals surface area (Å²) >= 11 is 0. The van der Waals surface area contributed by atoms with Gasteiger partial charge in [0.1, 0.15) is 13.2 Å². The van der Waals surface area contributed by atoms with E-state index in [0.29, 0.717) is 24.9 Å². The summed E-state index contributed by atoms with van der Waals surface area (Å²) in [6.07, 6.45) is -1.81. The Hall–Kier alpha value is -6.36. The molecule has 0 amide bonds. The second-order valence-electron chi connectivity index (χ2n) is 39.0. The van der Waals surface area contributed by atoms with Crippen LogP contribution in [0.2, 0.25) is 0 Å². The molecule has 32 heteroatoms. The molecule has 0 fully saturated rings. The van der Waals surface area contributed by atoms with Crippen LogP contribution in [0.3, 0.4) is 0 Å². The van der Waals surface area contributed by atoms with E-state index in [-0.39, 0.29) is 138 Å². The number of carbonyl (C=O) groups is 12. The van der Waals surface area contributed by atoms with Gasteiger partial charge in [-0.3, -0.25) is 38.4 Å². The van der Waals surface area contributed by atoms with Crippen LogP contribution in [0.25, 0.3) is 0 Å². The molecule has 124 heavy (non-hydrogen) atoms. The summed E-state index contributed by atoms with van der Waals surface area (Å²) in [5, 5.41) is 0. The highest BCUT2D eigenvalue weighted by Gasteiger charge is 2.27. The topological polar surface area (TPSA) is 389 Å². The minimum Gasteiger partial charge on any atom is -0.455 e. The lowest BCUT2D eigenvalue weighted by Crippen LogP contribution is -2.34. The molecular weight excluding hydrogens is 1620 g/mol. The fourth-order valence-corrected chi connectivity index (χ4v) is 6.55. The number of ether oxygens (including phenoxy) is 20. The second-order valence-corrected chi connectivity index (χ2v) is 39.0. The van der Waals surface area contributed by atoms with Crippen molar-refractivity contribution in [3.05, 3.63) is 0 Å². The van der Waals surface area contributed by atoms with Crippen LogP contribution < -0.4 is 0 Å². The van der Waals surface area contributed by atoms with E-state index in [4.69, 9.17) is 85.3 Å². The lowest BCUT2D eigenvalue weighted by molar-refractivity contribution is -0.200. The van der Waals surface area contributed by atoms with Gasteiger partial charge in [0, 0.05) is 33.3 Å². The molecule has 0 aliphatic carbocycles. The quantitative estimate of drug-likeness (QED) is 0.0343. The molecular formula is C92H180O32. The zero-order chi connectivity index (χ0) is 101. The normalized spacial score (nSPS) is 13.3. The molecule has 0 aliphatic heterocycles. The molecule has 0 aliphatic rings. The summed E-state index contributed by atoms with van der Waals surface area (Å²) in [6, 6.07) is 0. The van der Waals surface area contributed by atoms with Crippen molar-refractivity contribution in [2.75, 3.05) is 46.8 Å². The third kappa shape index (κ3) is 131. The molecule has 0 bridgehead atoms. The standard InChI is InChI=1S/C13H22O6.C12H20O6.C10H20O3.2C9H18O3.2C8H16O3.2C8H18O.C7H14O3/c1-8(14)9(2)18-11(15)7-17-12(16)10(3)19-13(4,5)6;1-8(13)6-16-11(15)9(2)18-10(14)7-17-12(3,4)5;1-7(2)9(11)12-8(3)13-10(4,5)6;1-7(2)8(10)11-6-12-9(3,4)5;1-6-8(10)11-7(2)12-9(3,4)5;1-6(9)10-7(2)11-8(3,4)5;1-5-7(9)10-6-11-8(2,3)4;1-7(2)6-9-8(3,4)5;1-6-7(2)9-8(3,4)5;1-6(8)9-5-10-7(2,3)4/h9-10H,7H2,1-6H3;9H,6-7H2,1-5H3;7-8H,1-6H3;2*7H,6H2,1-5H3;7H,1-5H3;5-6H2,1-4H3;2*7H,6H2,1-5H3;5H2,1-4H3. The third-order valence-corrected chi connectivity index (χ3v) is 11.9. The lowest BCUT2D eigenvalue weighted by atomic mass is 10.2. The van der Waals surface area contributed by atoms with Gasteiger partial charge in [-0.05, 0) is 282 Å². The minimum atomic E-state index is -1.06. The Balaban J connectivity index is -0.000000147. The first-order chi connectivity index (χ1) is 55.1. The van der Waals surface area contributed by atoms with Gasteiger partial charge in [0.15, 0.2) is 56.9 Å². The Morgan fingerprint density at radius 3 is 0.871 bits per heavy atom. The molecule has 0 aromatic heterocycles. The molecule has 0 N–H and O–H groups in total. The van der Waals surface area contributed by atoms with E-state index < -0.39 is 78.9 Å². The maximum atomic E-state index is 11.5. The first-order valence-electron chi connectivity index (χ1n) is 42.4. The van der Waals surface area contributed by atoms with Gasteiger partial charge in [-0.15, -0.1) is 0 Å². The summed E-state index contributed by atoms with van der Waals surface area (Å²) in [5.41, 5.74) is -2.45. The van der Waals surface area contributed by atoms with Gasteiger partial charge in [0.2, 0.25) is 18.9 Å². The van der Waals surface area contributed by atoms with E-state index >= 15 is 0 Å². The molecule has 32 nitrogen and oxygen atoms in total. The predicted octanol–water partition coefficient (Wildman–Crippen LogP) is 18.3. The van der Waals surface area contributed by atoms with E-state index in [9.17, 15) is 57.5 Å². The number of hydrogen-bond acceptors (Lipinski definition) is 32. The van der Waals surface area contributed by atoms with E-state index in [1.165, 1.54) is 48.5 Å². The fraction of sp³-hybridized carbons (Fsp3) is 0.870. The molecule has 0 spiro atoms. The van der Waals surface area contributed by atoms with Crippen molar-refractivity contribution in [3.8, 4) is 0 Å². The first-order valence-corrected chi connectivity index (χ1v) is 42.4. The van der Waals surface area contributed by atoms with Crippen molar-refractivity contribution in [3.63, 3.8) is 0 Å². The molecule has 0 rings (SSSR count). The van der Waals surface area contributed by atoms with Crippen LogP contribution in [0.4, 0.5) is 0 Å². The lowest BCUT2D eigenvalue weighted by Gasteiger charge is -2.25. The highest BCUT2D eigenvalue weighted by Crippen LogP contribution is 2.18. The Kier molecular flexibility index (Phi) is 77.6. The maximum Gasteiger partial charge on any atom is 0.347 e. The van der Waals surface area contributed by atoms with Crippen molar-refractivity contribution in [1.29, 1.82) is 0 Å². The van der Waals surface area contributed by atoms with Crippen LogP contribution in [0.5, 0.6) is 0 Å². The largest absolute Gasteiger partial charge is 0.455 e. The molecule has 0 saturated carbocycles. The monoisotopic (exact) mass is 1800 g/mol. The van der Waals surface area contributed by atoms with Gasteiger partial charge in [-0.2, -0.15) is 0 Å². The summed E-state index contributed by atoms with van der Waals surface area (Å²) in [5.74, 6) is -4.47. The van der Waals surface area contributed by atoms with Gasteiger partial charge in [-0.1, -0.05) is 62.3 Å². The number of hydrogen-bond donors (Lipinski definition) is 0. The van der Waals surface area contributed by atoms with Crippen molar-refractivity contribution in [2.45, 2.75) is 465 Å². The molecule has 7 atom stereocenters.